The van der Waals surface area contributed by atoms with Crippen molar-refractivity contribution in [2.24, 2.45) is 0 Å². The molecule has 0 amide bonds. The molecule has 0 radical (unpaired) electrons. The summed E-state index contributed by atoms with van der Waals surface area (Å²) in [6, 6.07) is 4.61. The summed E-state index contributed by atoms with van der Waals surface area (Å²) in [6.07, 6.45) is 1.49. The number of ether oxygens (including phenoxy) is 2. The lowest BCUT2D eigenvalue weighted by Crippen LogP contribution is -2.27. The van der Waals surface area contributed by atoms with E-state index in [9.17, 15) is 9.59 Å². The molecular weight excluding hydrogens is 375 g/mol. The Morgan fingerprint density at radius 3 is 2.66 bits per heavy atom. The first-order valence-corrected chi connectivity index (χ1v) is 9.48. The van der Waals surface area contributed by atoms with Crippen LogP contribution >= 0.6 is 0 Å². The Labute approximate surface area is 166 Å². The maximum Gasteiger partial charge on any atom is 0.343 e. The summed E-state index contributed by atoms with van der Waals surface area (Å²) in [4.78, 5) is 29.6. The number of aromatic nitrogens is 2. The van der Waals surface area contributed by atoms with Gasteiger partial charge in [0.25, 0.3) is 0 Å². The van der Waals surface area contributed by atoms with E-state index in [-0.39, 0.29) is 35.8 Å². The van der Waals surface area contributed by atoms with E-state index in [1.807, 2.05) is 20.8 Å². The minimum absolute atomic E-state index is 0.0980. The van der Waals surface area contributed by atoms with Crippen molar-refractivity contribution < 1.29 is 18.7 Å². The number of rotatable bonds is 3. The smallest absolute Gasteiger partial charge is 0.343 e. The second-order valence-corrected chi connectivity index (χ2v) is 7.26. The minimum atomic E-state index is -0.715. The second-order valence-electron chi connectivity index (χ2n) is 7.26. The van der Waals surface area contributed by atoms with E-state index >= 15 is 4.39 Å². The maximum atomic E-state index is 15.3. The number of halogens is 1. The summed E-state index contributed by atoms with van der Waals surface area (Å²) in [5.41, 5.74) is 2.23. The fraction of sp³-hybridized carbons (Fsp3) is 0.318. The molecule has 0 unspecified atom stereocenters. The topological polar surface area (TPSA) is 70.4 Å². The molecule has 4 rings (SSSR count). The van der Waals surface area contributed by atoms with Crippen LogP contribution in [0.15, 0.2) is 29.2 Å². The van der Waals surface area contributed by atoms with Gasteiger partial charge in [-0.15, -0.1) is 0 Å². The van der Waals surface area contributed by atoms with Gasteiger partial charge in [0.05, 0.1) is 29.1 Å². The fourth-order valence-electron chi connectivity index (χ4n) is 3.83. The van der Waals surface area contributed by atoms with Crippen LogP contribution in [0.25, 0.3) is 22.0 Å². The minimum Gasteiger partial charge on any atom is -0.488 e. The van der Waals surface area contributed by atoms with Crippen molar-refractivity contribution in [2.45, 2.75) is 33.7 Å². The van der Waals surface area contributed by atoms with Crippen LogP contribution in [0, 0.1) is 19.7 Å². The molecule has 1 atom stereocenters. The van der Waals surface area contributed by atoms with Crippen LogP contribution in [0.2, 0.25) is 0 Å². The van der Waals surface area contributed by atoms with Crippen LogP contribution in [0.1, 0.15) is 41.6 Å². The van der Waals surface area contributed by atoms with E-state index in [2.05, 4.69) is 4.98 Å². The maximum absolute atomic E-state index is 15.3. The molecule has 0 saturated heterocycles. The normalized spacial score (nSPS) is 15.3. The molecule has 0 saturated carbocycles. The lowest BCUT2D eigenvalue weighted by molar-refractivity contribution is 0.0523. The van der Waals surface area contributed by atoms with Gasteiger partial charge >= 0.3 is 5.97 Å². The highest BCUT2D eigenvalue weighted by Gasteiger charge is 2.29. The number of benzene rings is 1. The molecule has 150 valence electrons. The summed E-state index contributed by atoms with van der Waals surface area (Å²) < 4.78 is 28.0. The van der Waals surface area contributed by atoms with E-state index < -0.39 is 17.2 Å². The second kappa shape index (κ2) is 6.99. The number of nitrogens with zero attached hydrogens (tertiary/aromatic N) is 2. The molecule has 0 N–H and O–H groups in total. The summed E-state index contributed by atoms with van der Waals surface area (Å²) in [7, 11) is 0. The van der Waals surface area contributed by atoms with Crippen LogP contribution < -0.4 is 10.2 Å². The highest BCUT2D eigenvalue weighted by atomic mass is 19.1. The van der Waals surface area contributed by atoms with Crippen molar-refractivity contribution >= 4 is 16.9 Å². The molecule has 0 fully saturated rings. The monoisotopic (exact) mass is 396 g/mol. The number of carbonyl (C=O) groups excluding carboxylic acids is 1. The van der Waals surface area contributed by atoms with Gasteiger partial charge in [0.1, 0.15) is 18.0 Å². The average Bonchev–Trinajstić information content (AvgIpc) is 2.65. The Kier molecular flexibility index (Phi) is 4.61. The predicted octanol–water partition coefficient (Wildman–Crippen LogP) is 3.95. The van der Waals surface area contributed by atoms with Gasteiger partial charge in [-0.2, -0.15) is 0 Å². The zero-order valence-electron chi connectivity index (χ0n) is 16.7. The van der Waals surface area contributed by atoms with Gasteiger partial charge < -0.3 is 14.0 Å². The van der Waals surface area contributed by atoms with E-state index in [4.69, 9.17) is 9.47 Å². The standard InChI is InChI=1S/C22H21FN2O4/c1-5-28-22(27)16-9-25-13(4)10-29-21-18(14-6-11(2)24-12(3)7-14)17(23)8-15(19(21)25)20(16)26/h6-9,13H,5,10H2,1-4H3/t13-/m0/s1. The number of carbonyl (C=O) groups is 1. The first-order chi connectivity index (χ1) is 13.8. The van der Waals surface area contributed by atoms with Gasteiger partial charge in [0.15, 0.2) is 5.75 Å². The van der Waals surface area contributed by atoms with Gasteiger partial charge in [-0.3, -0.25) is 9.78 Å². The van der Waals surface area contributed by atoms with Crippen molar-refractivity contribution in [3.63, 3.8) is 0 Å². The molecule has 3 aromatic rings. The molecule has 0 spiro atoms. The summed E-state index contributed by atoms with van der Waals surface area (Å²) in [5.74, 6) is -0.999. The van der Waals surface area contributed by atoms with Gasteiger partial charge in [-0.05, 0) is 51.5 Å². The van der Waals surface area contributed by atoms with Crippen molar-refractivity contribution in [3.05, 3.63) is 57.4 Å². The summed E-state index contributed by atoms with van der Waals surface area (Å²) >= 11 is 0. The third kappa shape index (κ3) is 3.06. The molecule has 2 aromatic heterocycles. The van der Waals surface area contributed by atoms with Crippen molar-refractivity contribution in [1.82, 2.24) is 9.55 Å². The molecule has 29 heavy (non-hydrogen) atoms. The third-order valence-electron chi connectivity index (χ3n) is 5.03. The molecule has 1 aliphatic heterocycles. The molecule has 3 heterocycles. The first kappa shape index (κ1) is 19.1. The van der Waals surface area contributed by atoms with E-state index in [0.717, 1.165) is 11.4 Å². The van der Waals surface area contributed by atoms with E-state index in [1.165, 1.54) is 12.3 Å². The van der Waals surface area contributed by atoms with E-state index in [0.29, 0.717) is 16.8 Å². The van der Waals surface area contributed by atoms with Gasteiger partial charge in [-0.25, -0.2) is 9.18 Å². The van der Waals surface area contributed by atoms with Crippen molar-refractivity contribution in [2.75, 3.05) is 13.2 Å². The lowest BCUT2D eigenvalue weighted by atomic mass is 9.98. The summed E-state index contributed by atoms with van der Waals surface area (Å²) in [5, 5.41) is 0.0980. The zero-order valence-corrected chi connectivity index (χ0v) is 16.7. The lowest BCUT2D eigenvalue weighted by Gasteiger charge is -2.29. The Bertz CT molecular complexity index is 1200. The van der Waals surface area contributed by atoms with Crippen molar-refractivity contribution in [1.29, 1.82) is 0 Å². The number of esters is 1. The van der Waals surface area contributed by atoms with Crippen LogP contribution in [-0.2, 0) is 4.74 Å². The van der Waals surface area contributed by atoms with E-state index in [1.54, 1.807) is 23.6 Å². The SMILES string of the molecule is CCOC(=O)c1cn2c3c(c(-c4cc(C)nc(C)c4)c(F)cc3c1=O)OC[C@@H]2C. The Morgan fingerprint density at radius 1 is 1.31 bits per heavy atom. The Morgan fingerprint density at radius 2 is 2.00 bits per heavy atom. The summed E-state index contributed by atoms with van der Waals surface area (Å²) in [6.45, 7) is 7.68. The predicted molar refractivity (Wildman–Crippen MR) is 107 cm³/mol. The molecule has 0 bridgehead atoms. The first-order valence-electron chi connectivity index (χ1n) is 9.48. The van der Waals surface area contributed by atoms with Crippen LogP contribution in [0.4, 0.5) is 4.39 Å². The largest absolute Gasteiger partial charge is 0.488 e. The highest BCUT2D eigenvalue weighted by Crippen LogP contribution is 2.42. The third-order valence-corrected chi connectivity index (χ3v) is 5.03. The van der Waals surface area contributed by atoms with Crippen molar-refractivity contribution in [3.8, 4) is 16.9 Å². The Balaban J connectivity index is 2.09. The molecular formula is C22H21FN2O4. The average molecular weight is 396 g/mol. The molecule has 6 nitrogen and oxygen atoms in total. The van der Waals surface area contributed by atoms with Gasteiger partial charge in [-0.1, -0.05) is 0 Å². The molecule has 0 aliphatic carbocycles. The van der Waals surface area contributed by atoms with Gasteiger partial charge in [0.2, 0.25) is 5.43 Å². The van der Waals surface area contributed by atoms with Crippen LogP contribution in [-0.4, -0.2) is 28.7 Å². The van der Waals surface area contributed by atoms with Gasteiger partial charge in [0, 0.05) is 17.6 Å². The van der Waals surface area contributed by atoms with Crippen LogP contribution in [0.3, 0.4) is 0 Å². The quantitative estimate of drug-likeness (QED) is 0.627. The highest BCUT2D eigenvalue weighted by molar-refractivity contribution is 5.98. The molecule has 1 aliphatic rings. The number of hydrogen-bond acceptors (Lipinski definition) is 5. The number of hydrogen-bond donors (Lipinski definition) is 0. The fourth-order valence-corrected chi connectivity index (χ4v) is 3.83. The molecule has 7 heteroatoms. The number of aryl methyl sites for hydroxylation is 2. The Hall–Kier alpha value is -3.22. The zero-order chi connectivity index (χ0) is 20.9. The number of pyridine rings is 2. The van der Waals surface area contributed by atoms with Crippen LogP contribution in [0.5, 0.6) is 5.75 Å². The molecule has 1 aromatic carbocycles.